The van der Waals surface area contributed by atoms with Crippen LogP contribution in [0.5, 0.6) is 5.75 Å². The van der Waals surface area contributed by atoms with Crippen LogP contribution in [0, 0.1) is 0 Å². The van der Waals surface area contributed by atoms with E-state index in [1.54, 1.807) is 30.3 Å². The molecule has 0 aliphatic carbocycles. The third-order valence-electron chi connectivity index (χ3n) is 2.39. The van der Waals surface area contributed by atoms with Gasteiger partial charge >= 0.3 is 5.97 Å². The van der Waals surface area contributed by atoms with Crippen LogP contribution < -0.4 is 4.74 Å². The number of hydrogen-bond acceptors (Lipinski definition) is 4. The lowest BCUT2D eigenvalue weighted by Crippen LogP contribution is -1.98. The van der Waals surface area contributed by atoms with E-state index in [4.69, 9.17) is 19.4 Å². The largest absolute Gasteiger partial charge is 0.485 e. The molecule has 0 unspecified atom stereocenters. The maximum absolute atomic E-state index is 10.6. The Morgan fingerprint density at radius 1 is 1.22 bits per heavy atom. The van der Waals surface area contributed by atoms with Gasteiger partial charge in [-0.3, -0.25) is 0 Å². The number of furan rings is 1. The maximum Gasteiger partial charge on any atom is 0.371 e. The first kappa shape index (κ1) is 12.2. The lowest BCUT2D eigenvalue weighted by atomic mass is 10.2. The third kappa shape index (κ3) is 2.70. The zero-order valence-electron chi connectivity index (χ0n) is 9.50. The molecule has 18 heavy (non-hydrogen) atoms. The predicted molar refractivity (Wildman–Crippen MR) is 62.4 cm³/mol. The standard InChI is InChI=1S/C13H12O5/c14-7-9-3-1-2-4-11(9)17-8-10-5-6-12(18-10)13(15)16/h1-6,14H,7-8H2,(H,15,16). The predicted octanol–water partition coefficient (Wildman–Crippen LogP) is 2.05. The second-order valence-corrected chi connectivity index (χ2v) is 3.63. The van der Waals surface area contributed by atoms with E-state index in [0.29, 0.717) is 17.1 Å². The Hall–Kier alpha value is -2.27. The van der Waals surface area contributed by atoms with E-state index in [0.717, 1.165) is 0 Å². The van der Waals surface area contributed by atoms with Crippen molar-refractivity contribution < 1.29 is 24.2 Å². The zero-order valence-corrected chi connectivity index (χ0v) is 9.50. The number of aromatic carboxylic acids is 1. The highest BCUT2D eigenvalue weighted by atomic mass is 16.5. The molecule has 0 saturated heterocycles. The van der Waals surface area contributed by atoms with Crippen molar-refractivity contribution >= 4 is 5.97 Å². The Morgan fingerprint density at radius 3 is 2.67 bits per heavy atom. The Bertz CT molecular complexity index is 544. The van der Waals surface area contributed by atoms with Gasteiger partial charge in [0.05, 0.1) is 6.61 Å². The number of carboxylic acids is 1. The second kappa shape index (κ2) is 5.37. The lowest BCUT2D eigenvalue weighted by molar-refractivity contribution is 0.0658. The average molecular weight is 248 g/mol. The SMILES string of the molecule is O=C(O)c1ccc(COc2ccccc2CO)o1. The van der Waals surface area contributed by atoms with E-state index >= 15 is 0 Å². The van der Waals surface area contributed by atoms with E-state index in [2.05, 4.69) is 0 Å². The lowest BCUT2D eigenvalue weighted by Gasteiger charge is -2.08. The summed E-state index contributed by atoms with van der Waals surface area (Å²) >= 11 is 0. The maximum atomic E-state index is 10.6. The van der Waals surface area contributed by atoms with Crippen LogP contribution in [0.1, 0.15) is 21.9 Å². The number of carboxylic acid groups (broad SMARTS) is 1. The van der Waals surface area contributed by atoms with Gasteiger partial charge in [-0.05, 0) is 18.2 Å². The minimum atomic E-state index is -1.11. The van der Waals surface area contributed by atoms with E-state index in [1.807, 2.05) is 0 Å². The smallest absolute Gasteiger partial charge is 0.371 e. The van der Waals surface area contributed by atoms with E-state index < -0.39 is 5.97 Å². The topological polar surface area (TPSA) is 79.9 Å². The third-order valence-corrected chi connectivity index (χ3v) is 2.39. The molecule has 2 aromatic rings. The molecular weight excluding hydrogens is 236 g/mol. The summed E-state index contributed by atoms with van der Waals surface area (Å²) in [6.07, 6.45) is 0. The molecule has 1 heterocycles. The first-order valence-electron chi connectivity index (χ1n) is 5.34. The number of hydrogen-bond donors (Lipinski definition) is 2. The highest BCUT2D eigenvalue weighted by molar-refractivity contribution is 5.84. The van der Waals surface area contributed by atoms with E-state index in [9.17, 15) is 4.79 Å². The monoisotopic (exact) mass is 248 g/mol. The molecule has 0 spiro atoms. The molecule has 5 heteroatoms. The summed E-state index contributed by atoms with van der Waals surface area (Å²) in [5.74, 6) is -0.269. The number of rotatable bonds is 5. The number of aliphatic hydroxyl groups is 1. The number of aliphatic hydroxyl groups excluding tert-OH is 1. The molecule has 0 radical (unpaired) electrons. The summed E-state index contributed by atoms with van der Waals surface area (Å²) in [4.78, 5) is 10.6. The average Bonchev–Trinajstić information content (AvgIpc) is 2.85. The van der Waals surface area contributed by atoms with Gasteiger partial charge < -0.3 is 19.4 Å². The van der Waals surface area contributed by atoms with Gasteiger partial charge in [-0.25, -0.2) is 4.79 Å². The summed E-state index contributed by atoms with van der Waals surface area (Å²) in [7, 11) is 0. The highest BCUT2D eigenvalue weighted by Crippen LogP contribution is 2.19. The number of ether oxygens (including phenoxy) is 1. The molecule has 0 bridgehead atoms. The van der Waals surface area contributed by atoms with Gasteiger partial charge in [0.1, 0.15) is 18.1 Å². The van der Waals surface area contributed by atoms with Gasteiger partial charge in [0.2, 0.25) is 5.76 Å². The van der Waals surface area contributed by atoms with Crippen molar-refractivity contribution in [1.29, 1.82) is 0 Å². The van der Waals surface area contributed by atoms with Gasteiger partial charge in [0.15, 0.2) is 0 Å². The quantitative estimate of drug-likeness (QED) is 0.846. The summed E-state index contributed by atoms with van der Waals surface area (Å²) in [6.45, 7) is -0.000995. The van der Waals surface area contributed by atoms with Gasteiger partial charge in [0.25, 0.3) is 0 Å². The Balaban J connectivity index is 2.04. The summed E-state index contributed by atoms with van der Waals surface area (Å²) in [6, 6.07) is 9.99. The van der Waals surface area contributed by atoms with Crippen molar-refractivity contribution in [3.8, 4) is 5.75 Å². The van der Waals surface area contributed by atoms with Gasteiger partial charge in [-0.2, -0.15) is 0 Å². The Kier molecular flexibility index (Phi) is 3.64. The van der Waals surface area contributed by atoms with Crippen LogP contribution in [-0.4, -0.2) is 16.2 Å². The fourth-order valence-corrected chi connectivity index (χ4v) is 1.49. The van der Waals surface area contributed by atoms with Crippen LogP contribution >= 0.6 is 0 Å². The Labute approximate surface area is 103 Å². The van der Waals surface area contributed by atoms with Crippen LogP contribution in [0.3, 0.4) is 0 Å². The fourth-order valence-electron chi connectivity index (χ4n) is 1.49. The molecule has 94 valence electrons. The van der Waals surface area contributed by atoms with Crippen LogP contribution in [0.15, 0.2) is 40.8 Å². The fraction of sp³-hybridized carbons (Fsp3) is 0.154. The summed E-state index contributed by atoms with van der Waals surface area (Å²) < 4.78 is 10.5. The van der Waals surface area contributed by atoms with Crippen molar-refractivity contribution in [1.82, 2.24) is 0 Å². The van der Waals surface area contributed by atoms with Crippen molar-refractivity contribution in [3.63, 3.8) is 0 Å². The van der Waals surface area contributed by atoms with Gasteiger partial charge in [-0.15, -0.1) is 0 Å². The molecule has 5 nitrogen and oxygen atoms in total. The molecule has 1 aromatic carbocycles. The molecule has 2 N–H and O–H groups in total. The molecular formula is C13H12O5. The summed E-state index contributed by atoms with van der Waals surface area (Å²) in [5.41, 5.74) is 0.669. The summed E-state index contributed by atoms with van der Waals surface area (Å²) in [5, 5.41) is 17.8. The zero-order chi connectivity index (χ0) is 13.0. The number of benzene rings is 1. The van der Waals surface area contributed by atoms with Gasteiger partial charge in [0, 0.05) is 5.56 Å². The van der Waals surface area contributed by atoms with Crippen molar-refractivity contribution in [2.45, 2.75) is 13.2 Å². The molecule has 0 aliphatic heterocycles. The van der Waals surface area contributed by atoms with Crippen molar-refractivity contribution in [2.24, 2.45) is 0 Å². The molecule has 0 amide bonds. The molecule has 0 fully saturated rings. The first-order chi connectivity index (χ1) is 8.70. The second-order valence-electron chi connectivity index (χ2n) is 3.63. The van der Waals surface area contributed by atoms with Crippen molar-refractivity contribution in [2.75, 3.05) is 0 Å². The van der Waals surface area contributed by atoms with Crippen LogP contribution in [0.4, 0.5) is 0 Å². The molecule has 0 aliphatic rings. The van der Waals surface area contributed by atoms with Crippen LogP contribution in [0.25, 0.3) is 0 Å². The number of para-hydroxylation sites is 1. The van der Waals surface area contributed by atoms with Crippen molar-refractivity contribution in [3.05, 3.63) is 53.5 Å². The minimum Gasteiger partial charge on any atom is -0.485 e. The minimum absolute atomic E-state index is 0.115. The van der Waals surface area contributed by atoms with E-state index in [-0.39, 0.29) is 19.0 Å². The van der Waals surface area contributed by atoms with Gasteiger partial charge in [-0.1, -0.05) is 18.2 Å². The molecule has 0 saturated carbocycles. The Morgan fingerprint density at radius 2 is 2.00 bits per heavy atom. The first-order valence-corrected chi connectivity index (χ1v) is 5.34. The molecule has 1 aromatic heterocycles. The normalized spacial score (nSPS) is 10.3. The molecule has 2 rings (SSSR count). The van der Waals surface area contributed by atoms with Crippen LogP contribution in [-0.2, 0) is 13.2 Å². The molecule has 0 atom stereocenters. The van der Waals surface area contributed by atoms with E-state index in [1.165, 1.54) is 6.07 Å². The number of carbonyl (C=O) groups is 1. The highest BCUT2D eigenvalue weighted by Gasteiger charge is 2.09. The van der Waals surface area contributed by atoms with Crippen LogP contribution in [0.2, 0.25) is 0 Å².